The molecule has 0 radical (unpaired) electrons. The van der Waals surface area contributed by atoms with Gasteiger partial charge in [0.2, 0.25) is 0 Å². The Hall–Kier alpha value is -1.55. The summed E-state index contributed by atoms with van der Waals surface area (Å²) in [6.45, 7) is 4.87. The molecule has 2 fully saturated rings. The van der Waals surface area contributed by atoms with Crippen LogP contribution in [0.1, 0.15) is 48.8 Å². The van der Waals surface area contributed by atoms with Crippen LogP contribution in [0.2, 0.25) is 0 Å². The van der Waals surface area contributed by atoms with Gasteiger partial charge in [-0.3, -0.25) is 4.90 Å². The van der Waals surface area contributed by atoms with Gasteiger partial charge in [0.25, 0.3) is 0 Å². The predicted octanol–water partition coefficient (Wildman–Crippen LogP) is 2.95. The van der Waals surface area contributed by atoms with Crippen molar-refractivity contribution in [2.45, 2.75) is 57.5 Å². The van der Waals surface area contributed by atoms with E-state index in [2.05, 4.69) is 28.4 Å². The molecule has 1 aliphatic carbocycles. The van der Waals surface area contributed by atoms with E-state index in [0.717, 1.165) is 38.4 Å². The summed E-state index contributed by atoms with van der Waals surface area (Å²) in [5.41, 5.74) is 4.23. The van der Waals surface area contributed by atoms with Crippen molar-refractivity contribution < 1.29 is 4.79 Å². The quantitative estimate of drug-likeness (QED) is 0.926. The number of likely N-dealkylation sites (tertiary alicyclic amines) is 1. The van der Waals surface area contributed by atoms with E-state index in [1.807, 2.05) is 4.90 Å². The van der Waals surface area contributed by atoms with E-state index in [4.69, 9.17) is 0 Å². The third-order valence-corrected chi connectivity index (χ3v) is 6.04. The van der Waals surface area contributed by atoms with E-state index < -0.39 is 0 Å². The summed E-state index contributed by atoms with van der Waals surface area (Å²) in [5.74, 6) is 0. The second kappa shape index (κ2) is 7.14. The summed E-state index contributed by atoms with van der Waals surface area (Å²) >= 11 is 0. The first-order chi connectivity index (χ1) is 11.8. The van der Waals surface area contributed by atoms with Crippen LogP contribution in [0.4, 0.5) is 4.79 Å². The molecule has 0 bridgehead atoms. The minimum Gasteiger partial charge on any atom is -0.334 e. The molecule has 0 aromatic heterocycles. The molecule has 0 spiro atoms. The van der Waals surface area contributed by atoms with Gasteiger partial charge in [-0.1, -0.05) is 24.6 Å². The topological polar surface area (TPSA) is 35.6 Å². The Morgan fingerprint density at radius 3 is 2.46 bits per heavy atom. The van der Waals surface area contributed by atoms with Crippen molar-refractivity contribution in [3.8, 4) is 0 Å². The van der Waals surface area contributed by atoms with Gasteiger partial charge < -0.3 is 10.2 Å². The molecule has 2 amide bonds. The molecule has 130 valence electrons. The number of nitrogens with one attached hydrogen (secondary N) is 1. The number of carbonyl (C=O) groups excluding carboxylic acids is 1. The van der Waals surface area contributed by atoms with Crippen molar-refractivity contribution in [3.63, 3.8) is 0 Å². The third-order valence-electron chi connectivity index (χ3n) is 6.04. The monoisotopic (exact) mass is 327 g/mol. The predicted molar refractivity (Wildman–Crippen MR) is 96.1 cm³/mol. The van der Waals surface area contributed by atoms with Gasteiger partial charge in [0.1, 0.15) is 0 Å². The van der Waals surface area contributed by atoms with E-state index in [0.29, 0.717) is 6.54 Å². The highest BCUT2D eigenvalue weighted by molar-refractivity contribution is 5.74. The number of rotatable bonds is 3. The molecule has 0 atom stereocenters. The second-order valence-corrected chi connectivity index (χ2v) is 7.58. The molecule has 1 saturated heterocycles. The fourth-order valence-corrected chi connectivity index (χ4v) is 4.23. The first kappa shape index (κ1) is 15.9. The molecule has 1 saturated carbocycles. The highest BCUT2D eigenvalue weighted by atomic mass is 16.2. The van der Waals surface area contributed by atoms with E-state index in [-0.39, 0.29) is 6.03 Å². The van der Waals surface area contributed by atoms with E-state index >= 15 is 0 Å². The van der Waals surface area contributed by atoms with Crippen molar-refractivity contribution >= 4 is 6.03 Å². The standard InChI is InChI=1S/C20H29N3O/c24-20(23-10-1-2-11-23)21-15-16-6-7-17-8-12-22(19-4-3-5-19)13-9-18(17)14-16/h6-7,14,19H,1-5,8-13,15H2,(H,21,24). The molecule has 4 nitrogen and oxygen atoms in total. The highest BCUT2D eigenvalue weighted by Gasteiger charge is 2.26. The molecular weight excluding hydrogens is 298 g/mol. The number of fused-ring (bicyclic) bond motifs is 1. The minimum atomic E-state index is 0.0959. The maximum atomic E-state index is 12.1. The summed E-state index contributed by atoms with van der Waals surface area (Å²) in [5, 5.41) is 3.09. The first-order valence-electron chi connectivity index (χ1n) is 9.67. The van der Waals surface area contributed by atoms with Crippen LogP contribution in [0.25, 0.3) is 0 Å². The summed E-state index contributed by atoms with van der Waals surface area (Å²) in [4.78, 5) is 16.8. The van der Waals surface area contributed by atoms with Gasteiger partial charge in [0.05, 0.1) is 0 Å². The van der Waals surface area contributed by atoms with Crippen LogP contribution >= 0.6 is 0 Å². The summed E-state index contributed by atoms with van der Waals surface area (Å²) in [7, 11) is 0. The summed E-state index contributed by atoms with van der Waals surface area (Å²) in [6, 6.07) is 7.75. The zero-order valence-electron chi connectivity index (χ0n) is 14.6. The maximum absolute atomic E-state index is 12.1. The number of hydrogen-bond donors (Lipinski definition) is 1. The Morgan fingerprint density at radius 1 is 1.00 bits per heavy atom. The smallest absolute Gasteiger partial charge is 0.317 e. The van der Waals surface area contributed by atoms with Crippen LogP contribution < -0.4 is 5.32 Å². The number of hydrogen-bond acceptors (Lipinski definition) is 2. The van der Waals surface area contributed by atoms with Gasteiger partial charge >= 0.3 is 6.03 Å². The van der Waals surface area contributed by atoms with Gasteiger partial charge in [-0.25, -0.2) is 4.79 Å². The Labute approximate surface area is 145 Å². The zero-order valence-corrected chi connectivity index (χ0v) is 14.6. The molecule has 4 rings (SSSR count). The normalized spacial score (nSPS) is 21.9. The highest BCUT2D eigenvalue weighted by Crippen LogP contribution is 2.27. The van der Waals surface area contributed by atoms with Gasteiger partial charge in [-0.05, 0) is 55.2 Å². The molecule has 3 aliphatic rings. The lowest BCUT2D eigenvalue weighted by Gasteiger charge is -2.36. The number of benzene rings is 1. The molecule has 1 aromatic rings. The van der Waals surface area contributed by atoms with Crippen molar-refractivity contribution in [1.29, 1.82) is 0 Å². The molecule has 2 aliphatic heterocycles. The van der Waals surface area contributed by atoms with Crippen molar-refractivity contribution in [3.05, 3.63) is 34.9 Å². The molecule has 2 heterocycles. The van der Waals surface area contributed by atoms with Gasteiger partial charge in [0.15, 0.2) is 0 Å². The largest absolute Gasteiger partial charge is 0.334 e. The van der Waals surface area contributed by atoms with Crippen LogP contribution in [0, 0.1) is 0 Å². The average Bonchev–Trinajstić information content (AvgIpc) is 3.01. The van der Waals surface area contributed by atoms with Crippen LogP contribution in [0.3, 0.4) is 0 Å². The maximum Gasteiger partial charge on any atom is 0.317 e. The molecule has 0 unspecified atom stereocenters. The SMILES string of the molecule is O=C(NCc1ccc2c(c1)CCN(C1CCC1)CC2)N1CCCC1. The van der Waals surface area contributed by atoms with Gasteiger partial charge in [-0.2, -0.15) is 0 Å². The van der Waals surface area contributed by atoms with Gasteiger partial charge in [0, 0.05) is 38.8 Å². The van der Waals surface area contributed by atoms with Crippen molar-refractivity contribution in [1.82, 2.24) is 15.1 Å². The lowest BCUT2D eigenvalue weighted by atomic mass is 9.91. The molecule has 24 heavy (non-hydrogen) atoms. The Morgan fingerprint density at radius 2 is 1.75 bits per heavy atom. The minimum absolute atomic E-state index is 0.0959. The molecule has 1 N–H and O–H groups in total. The summed E-state index contributed by atoms with van der Waals surface area (Å²) < 4.78 is 0. The molecule has 4 heteroatoms. The third kappa shape index (κ3) is 3.44. The van der Waals surface area contributed by atoms with Crippen molar-refractivity contribution in [2.75, 3.05) is 26.2 Å². The second-order valence-electron chi connectivity index (χ2n) is 7.58. The fourth-order valence-electron chi connectivity index (χ4n) is 4.23. The van der Waals surface area contributed by atoms with E-state index in [1.54, 1.807) is 0 Å². The number of urea groups is 1. The lowest BCUT2D eigenvalue weighted by molar-refractivity contribution is 0.133. The Kier molecular flexibility index (Phi) is 4.74. The Bertz CT molecular complexity index is 591. The fraction of sp³-hybridized carbons (Fsp3) is 0.650. The molecular formula is C20H29N3O. The lowest BCUT2D eigenvalue weighted by Crippen LogP contribution is -2.41. The number of nitrogens with zero attached hydrogens (tertiary/aromatic N) is 2. The number of carbonyl (C=O) groups is 1. The van der Waals surface area contributed by atoms with Crippen LogP contribution in [0.15, 0.2) is 18.2 Å². The number of amides is 2. The average molecular weight is 327 g/mol. The van der Waals surface area contributed by atoms with Crippen LogP contribution in [0.5, 0.6) is 0 Å². The first-order valence-corrected chi connectivity index (χ1v) is 9.67. The Balaban J connectivity index is 1.35. The molecule has 1 aromatic carbocycles. The summed E-state index contributed by atoms with van der Waals surface area (Å²) in [6.07, 6.45) is 8.81. The van der Waals surface area contributed by atoms with Crippen LogP contribution in [-0.2, 0) is 19.4 Å². The van der Waals surface area contributed by atoms with E-state index in [1.165, 1.54) is 55.5 Å². The van der Waals surface area contributed by atoms with E-state index in [9.17, 15) is 4.79 Å². The zero-order chi connectivity index (χ0) is 16.4. The van der Waals surface area contributed by atoms with Gasteiger partial charge in [-0.15, -0.1) is 0 Å². The van der Waals surface area contributed by atoms with Crippen molar-refractivity contribution in [2.24, 2.45) is 0 Å². The van der Waals surface area contributed by atoms with Crippen LogP contribution in [-0.4, -0.2) is 48.1 Å².